The third kappa shape index (κ3) is 2.81. The summed E-state index contributed by atoms with van der Waals surface area (Å²) in [4.78, 5) is 58.6. The number of rotatable bonds is 6. The van der Waals surface area contributed by atoms with E-state index >= 15 is 0 Å². The molecule has 0 saturated heterocycles. The number of hydrogen-bond acceptors (Lipinski definition) is 7. The molecule has 0 spiro atoms. The molecule has 10 nitrogen and oxygen atoms in total. The lowest BCUT2D eigenvalue weighted by atomic mass is 10.1. The van der Waals surface area contributed by atoms with E-state index in [4.69, 9.17) is 5.73 Å². The number of carbonyl (C=O) groups excluding carboxylic acids is 4. The van der Waals surface area contributed by atoms with Crippen molar-refractivity contribution in [1.29, 1.82) is 0 Å². The normalized spacial score (nSPS) is 14.3. The van der Waals surface area contributed by atoms with Crippen molar-refractivity contribution in [3.63, 3.8) is 0 Å². The lowest BCUT2D eigenvalue weighted by Gasteiger charge is -2.22. The van der Waals surface area contributed by atoms with Crippen LogP contribution in [0, 0.1) is 10.1 Å². The number of carbonyl (C=O) groups is 4. The molecular formula is C14H13N3O7. The summed E-state index contributed by atoms with van der Waals surface area (Å²) in [6, 6.07) is 2.19. The van der Waals surface area contributed by atoms with Crippen LogP contribution in [0.3, 0.4) is 0 Å². The predicted molar refractivity (Wildman–Crippen MR) is 77.8 cm³/mol. The minimum Gasteiger partial charge on any atom is -0.469 e. The Morgan fingerprint density at radius 1 is 1.33 bits per heavy atom. The summed E-state index contributed by atoms with van der Waals surface area (Å²) in [6.07, 6.45) is -0.485. The van der Waals surface area contributed by atoms with Crippen LogP contribution in [0.25, 0.3) is 0 Å². The molecule has 10 heteroatoms. The summed E-state index contributed by atoms with van der Waals surface area (Å²) in [5.41, 5.74) is 4.12. The quantitative estimate of drug-likeness (QED) is 0.332. The Morgan fingerprint density at radius 2 is 2.00 bits per heavy atom. The molecule has 1 heterocycles. The van der Waals surface area contributed by atoms with Crippen LogP contribution in [0.1, 0.15) is 33.6 Å². The number of amides is 3. The van der Waals surface area contributed by atoms with Gasteiger partial charge in [0.25, 0.3) is 17.5 Å². The van der Waals surface area contributed by atoms with E-state index < -0.39 is 45.9 Å². The second-order valence-corrected chi connectivity index (χ2v) is 4.97. The number of nitro groups is 1. The van der Waals surface area contributed by atoms with Gasteiger partial charge in [0.05, 0.1) is 17.6 Å². The number of nitro benzene ring substituents is 1. The maximum absolute atomic E-state index is 12.5. The molecule has 0 fully saturated rings. The number of methoxy groups -OCH3 is 1. The lowest BCUT2D eigenvalue weighted by Crippen LogP contribution is -2.48. The van der Waals surface area contributed by atoms with Crippen molar-refractivity contribution in [2.24, 2.45) is 5.73 Å². The molecular weight excluding hydrogens is 322 g/mol. The molecule has 0 saturated carbocycles. The third-order valence-corrected chi connectivity index (χ3v) is 3.61. The van der Waals surface area contributed by atoms with Crippen molar-refractivity contribution in [2.45, 2.75) is 18.9 Å². The SMILES string of the molecule is COC(=O)CCC(C(N)=O)N1C(=O)c2cccc([N+](=O)[O-])c2C1=O. The fourth-order valence-corrected chi connectivity index (χ4v) is 2.48. The van der Waals surface area contributed by atoms with Crippen molar-refractivity contribution in [3.05, 3.63) is 39.4 Å². The third-order valence-electron chi connectivity index (χ3n) is 3.61. The highest BCUT2D eigenvalue weighted by Gasteiger charge is 2.45. The summed E-state index contributed by atoms with van der Waals surface area (Å²) in [6.45, 7) is 0. The first-order valence-electron chi connectivity index (χ1n) is 6.81. The lowest BCUT2D eigenvalue weighted by molar-refractivity contribution is -0.385. The van der Waals surface area contributed by atoms with Gasteiger partial charge < -0.3 is 10.5 Å². The number of fused-ring (bicyclic) bond motifs is 1. The van der Waals surface area contributed by atoms with Crippen molar-refractivity contribution >= 4 is 29.4 Å². The Labute approximate surface area is 135 Å². The van der Waals surface area contributed by atoms with E-state index in [1.165, 1.54) is 12.1 Å². The fraction of sp³-hybridized carbons (Fsp3) is 0.286. The van der Waals surface area contributed by atoms with Gasteiger partial charge in [-0.15, -0.1) is 0 Å². The summed E-state index contributed by atoms with van der Waals surface area (Å²) in [5, 5.41) is 11.0. The van der Waals surface area contributed by atoms with Gasteiger partial charge in [0.1, 0.15) is 11.6 Å². The number of imide groups is 1. The average molecular weight is 335 g/mol. The molecule has 3 amide bonds. The molecule has 1 aliphatic heterocycles. The number of nitrogens with two attached hydrogens (primary N) is 1. The zero-order chi connectivity index (χ0) is 18.0. The van der Waals surface area contributed by atoms with E-state index in [1.54, 1.807) is 0 Å². The monoisotopic (exact) mass is 335 g/mol. The van der Waals surface area contributed by atoms with Gasteiger partial charge in [0.2, 0.25) is 5.91 Å². The minimum absolute atomic E-state index is 0.182. The molecule has 1 aliphatic rings. The fourth-order valence-electron chi connectivity index (χ4n) is 2.48. The van der Waals surface area contributed by atoms with Gasteiger partial charge in [0, 0.05) is 12.5 Å². The number of esters is 1. The Morgan fingerprint density at radius 3 is 2.54 bits per heavy atom. The number of primary amides is 1. The van der Waals surface area contributed by atoms with Crippen LogP contribution in [0.5, 0.6) is 0 Å². The van der Waals surface area contributed by atoms with E-state index in [9.17, 15) is 29.3 Å². The smallest absolute Gasteiger partial charge is 0.305 e. The number of ether oxygens (including phenoxy) is 1. The van der Waals surface area contributed by atoms with Gasteiger partial charge in [-0.05, 0) is 12.5 Å². The highest BCUT2D eigenvalue weighted by atomic mass is 16.6. The Kier molecular flexibility index (Phi) is 4.58. The largest absolute Gasteiger partial charge is 0.469 e. The molecule has 2 N–H and O–H groups in total. The Hall–Kier alpha value is -3.30. The van der Waals surface area contributed by atoms with Crippen LogP contribution < -0.4 is 5.73 Å². The summed E-state index contributed by atoms with van der Waals surface area (Å²) in [7, 11) is 1.15. The topological polar surface area (TPSA) is 150 Å². The molecule has 0 bridgehead atoms. The second-order valence-electron chi connectivity index (χ2n) is 4.97. The molecule has 1 aromatic carbocycles. The van der Waals surface area contributed by atoms with Crippen LogP contribution in [0.2, 0.25) is 0 Å². The van der Waals surface area contributed by atoms with Gasteiger partial charge in [-0.1, -0.05) is 6.07 Å². The van der Waals surface area contributed by atoms with Gasteiger partial charge in [-0.2, -0.15) is 0 Å². The van der Waals surface area contributed by atoms with Gasteiger partial charge in [0.15, 0.2) is 0 Å². The first-order chi connectivity index (χ1) is 11.3. The van der Waals surface area contributed by atoms with E-state index in [0.717, 1.165) is 13.2 Å². The zero-order valence-corrected chi connectivity index (χ0v) is 12.6. The molecule has 1 unspecified atom stereocenters. The molecule has 24 heavy (non-hydrogen) atoms. The molecule has 1 aromatic rings. The van der Waals surface area contributed by atoms with Crippen molar-refractivity contribution < 1.29 is 28.8 Å². The van der Waals surface area contributed by atoms with Crippen LogP contribution in [0.4, 0.5) is 5.69 Å². The number of nitrogens with zero attached hydrogens (tertiary/aromatic N) is 2. The van der Waals surface area contributed by atoms with Crippen LogP contribution in [-0.4, -0.2) is 46.7 Å². The maximum Gasteiger partial charge on any atom is 0.305 e. The zero-order valence-electron chi connectivity index (χ0n) is 12.6. The van der Waals surface area contributed by atoms with Crippen molar-refractivity contribution in [1.82, 2.24) is 4.90 Å². The summed E-state index contributed by atoms with van der Waals surface area (Å²) >= 11 is 0. The molecule has 0 aliphatic carbocycles. The standard InChI is InChI=1S/C14H13N3O7/c1-24-10(18)6-5-9(12(15)19)16-13(20)7-3-2-4-8(17(22)23)11(7)14(16)21/h2-4,9H,5-6H2,1H3,(H2,15,19). The Bertz CT molecular complexity index is 759. The van der Waals surface area contributed by atoms with Crippen molar-refractivity contribution in [2.75, 3.05) is 7.11 Å². The predicted octanol–water partition coefficient (Wildman–Crippen LogP) is -0.00210. The first kappa shape index (κ1) is 17.1. The first-order valence-corrected chi connectivity index (χ1v) is 6.81. The van der Waals surface area contributed by atoms with Gasteiger partial charge >= 0.3 is 5.97 Å². The minimum atomic E-state index is -1.41. The van der Waals surface area contributed by atoms with Gasteiger partial charge in [-0.25, -0.2) is 0 Å². The van der Waals surface area contributed by atoms with E-state index in [-0.39, 0.29) is 18.4 Å². The van der Waals surface area contributed by atoms with Crippen molar-refractivity contribution in [3.8, 4) is 0 Å². The van der Waals surface area contributed by atoms with Crippen LogP contribution in [-0.2, 0) is 14.3 Å². The van der Waals surface area contributed by atoms with Gasteiger partial charge in [-0.3, -0.25) is 34.2 Å². The summed E-state index contributed by atoms with van der Waals surface area (Å²) < 4.78 is 4.44. The number of hydrogen-bond donors (Lipinski definition) is 1. The summed E-state index contributed by atoms with van der Waals surface area (Å²) in [5.74, 6) is -3.51. The van der Waals surface area contributed by atoms with E-state index in [0.29, 0.717) is 4.90 Å². The Balaban J connectivity index is 2.41. The maximum atomic E-state index is 12.5. The second kappa shape index (κ2) is 6.44. The number of benzene rings is 1. The molecule has 0 radical (unpaired) electrons. The highest BCUT2D eigenvalue weighted by Crippen LogP contribution is 2.32. The van der Waals surface area contributed by atoms with E-state index in [2.05, 4.69) is 4.74 Å². The molecule has 126 valence electrons. The molecule has 1 atom stereocenters. The highest BCUT2D eigenvalue weighted by molar-refractivity contribution is 6.24. The average Bonchev–Trinajstić information content (AvgIpc) is 2.79. The van der Waals surface area contributed by atoms with Crippen LogP contribution in [0.15, 0.2) is 18.2 Å². The molecule has 2 rings (SSSR count). The van der Waals surface area contributed by atoms with E-state index in [1.807, 2.05) is 0 Å². The van der Waals surface area contributed by atoms with Crippen LogP contribution >= 0.6 is 0 Å². The molecule has 0 aromatic heterocycles.